The number of methoxy groups -OCH3 is 1. The van der Waals surface area contributed by atoms with E-state index in [2.05, 4.69) is 10.6 Å². The highest BCUT2D eigenvalue weighted by Crippen LogP contribution is 2.21. The molecule has 0 atom stereocenters. The van der Waals surface area contributed by atoms with Crippen LogP contribution in [-0.4, -0.2) is 26.3 Å². The fraction of sp³-hybridized carbons (Fsp3) is 0.750. The Kier molecular flexibility index (Phi) is 6.65. The summed E-state index contributed by atoms with van der Waals surface area (Å²) < 4.78 is 4.90. The molecule has 0 unspecified atom stereocenters. The van der Waals surface area contributed by atoms with E-state index < -0.39 is 0 Å². The predicted molar refractivity (Wildman–Crippen MR) is 64.2 cm³/mol. The van der Waals surface area contributed by atoms with Gasteiger partial charge in [-0.2, -0.15) is 0 Å². The van der Waals surface area contributed by atoms with Gasteiger partial charge in [0, 0.05) is 26.5 Å². The lowest BCUT2D eigenvalue weighted by Gasteiger charge is -2.13. The predicted octanol–water partition coefficient (Wildman–Crippen LogP) is 2.17. The highest BCUT2D eigenvalue weighted by Gasteiger charge is 2.05. The summed E-state index contributed by atoms with van der Waals surface area (Å²) in [4.78, 5) is 11.3. The van der Waals surface area contributed by atoms with Gasteiger partial charge >= 0.3 is 6.03 Å². The van der Waals surface area contributed by atoms with Crippen molar-refractivity contribution in [3.8, 4) is 0 Å². The van der Waals surface area contributed by atoms with Crippen LogP contribution in [0.1, 0.15) is 38.5 Å². The van der Waals surface area contributed by atoms with Gasteiger partial charge in [-0.3, -0.25) is 0 Å². The molecule has 1 rings (SSSR count). The zero-order chi connectivity index (χ0) is 11.6. The first-order chi connectivity index (χ1) is 7.83. The summed E-state index contributed by atoms with van der Waals surface area (Å²) in [6.07, 6.45) is 8.80. The molecular formula is C12H22N2O2. The smallest absolute Gasteiger partial charge is 0.318 e. The first kappa shape index (κ1) is 13.0. The van der Waals surface area contributed by atoms with Crippen molar-refractivity contribution >= 4 is 6.03 Å². The molecule has 4 nitrogen and oxygen atoms in total. The minimum absolute atomic E-state index is 0.117. The van der Waals surface area contributed by atoms with E-state index in [0.29, 0.717) is 13.2 Å². The summed E-state index contributed by atoms with van der Waals surface area (Å²) in [5, 5.41) is 5.56. The van der Waals surface area contributed by atoms with Crippen LogP contribution in [0.4, 0.5) is 4.79 Å². The SMILES string of the molecule is COCCCNC(=O)NC=C1CCCCC1. The topological polar surface area (TPSA) is 50.4 Å². The van der Waals surface area contributed by atoms with Crippen LogP contribution >= 0.6 is 0 Å². The Morgan fingerprint density at radius 3 is 2.81 bits per heavy atom. The number of ether oxygens (including phenoxy) is 1. The molecule has 0 aromatic carbocycles. The normalized spacial score (nSPS) is 15.7. The lowest BCUT2D eigenvalue weighted by molar-refractivity contribution is 0.193. The van der Waals surface area contributed by atoms with Crippen LogP contribution in [-0.2, 0) is 4.74 Å². The van der Waals surface area contributed by atoms with Gasteiger partial charge in [-0.05, 0) is 32.1 Å². The van der Waals surface area contributed by atoms with E-state index in [1.165, 1.54) is 24.8 Å². The van der Waals surface area contributed by atoms with Gasteiger partial charge in [0.25, 0.3) is 0 Å². The Hall–Kier alpha value is -1.03. The van der Waals surface area contributed by atoms with Crippen LogP contribution in [0.3, 0.4) is 0 Å². The fourth-order valence-corrected chi connectivity index (χ4v) is 1.79. The minimum atomic E-state index is -0.117. The van der Waals surface area contributed by atoms with Crippen molar-refractivity contribution in [2.45, 2.75) is 38.5 Å². The van der Waals surface area contributed by atoms with E-state index in [9.17, 15) is 4.79 Å². The molecule has 0 aromatic rings. The van der Waals surface area contributed by atoms with E-state index in [1.54, 1.807) is 7.11 Å². The number of hydrogen-bond donors (Lipinski definition) is 2. The van der Waals surface area contributed by atoms with Crippen molar-refractivity contribution in [1.82, 2.24) is 10.6 Å². The average molecular weight is 226 g/mol. The molecule has 0 radical (unpaired) electrons. The van der Waals surface area contributed by atoms with E-state index in [4.69, 9.17) is 4.74 Å². The molecule has 1 aliphatic carbocycles. The first-order valence-electron chi connectivity index (χ1n) is 6.04. The van der Waals surface area contributed by atoms with Crippen molar-refractivity contribution < 1.29 is 9.53 Å². The maximum absolute atomic E-state index is 11.3. The second kappa shape index (κ2) is 8.16. The first-order valence-corrected chi connectivity index (χ1v) is 6.04. The number of nitrogens with one attached hydrogen (secondary N) is 2. The number of hydrogen-bond acceptors (Lipinski definition) is 2. The van der Waals surface area contributed by atoms with Gasteiger partial charge in [0.2, 0.25) is 0 Å². The van der Waals surface area contributed by atoms with Crippen LogP contribution in [0.5, 0.6) is 0 Å². The molecule has 0 aliphatic heterocycles. The van der Waals surface area contributed by atoms with Crippen molar-refractivity contribution in [2.24, 2.45) is 0 Å². The number of urea groups is 1. The largest absolute Gasteiger partial charge is 0.385 e. The zero-order valence-electron chi connectivity index (χ0n) is 10.1. The Morgan fingerprint density at radius 1 is 1.38 bits per heavy atom. The Labute approximate surface area is 97.4 Å². The third-order valence-electron chi connectivity index (χ3n) is 2.71. The Bertz CT molecular complexity index is 231. The maximum atomic E-state index is 11.3. The van der Waals surface area contributed by atoms with Crippen LogP contribution in [0.2, 0.25) is 0 Å². The maximum Gasteiger partial charge on any atom is 0.318 e. The van der Waals surface area contributed by atoms with Gasteiger partial charge in [0.05, 0.1) is 0 Å². The lowest BCUT2D eigenvalue weighted by Crippen LogP contribution is -2.33. The van der Waals surface area contributed by atoms with Crippen molar-refractivity contribution in [1.29, 1.82) is 0 Å². The minimum Gasteiger partial charge on any atom is -0.385 e. The molecule has 0 saturated heterocycles. The summed E-state index contributed by atoms with van der Waals surface area (Å²) in [6, 6.07) is -0.117. The van der Waals surface area contributed by atoms with Crippen molar-refractivity contribution in [2.75, 3.05) is 20.3 Å². The molecule has 16 heavy (non-hydrogen) atoms. The summed E-state index contributed by atoms with van der Waals surface area (Å²) in [6.45, 7) is 1.34. The van der Waals surface area contributed by atoms with Crippen LogP contribution < -0.4 is 10.6 Å². The van der Waals surface area contributed by atoms with E-state index in [1.807, 2.05) is 6.20 Å². The highest BCUT2D eigenvalue weighted by molar-refractivity contribution is 5.74. The molecule has 1 fully saturated rings. The standard InChI is InChI=1S/C12H22N2O2/c1-16-9-5-8-13-12(15)14-10-11-6-3-2-4-7-11/h10H,2-9H2,1H3,(H2,13,14,15). The third-order valence-corrected chi connectivity index (χ3v) is 2.71. The van der Waals surface area contributed by atoms with Gasteiger partial charge in [-0.1, -0.05) is 12.0 Å². The van der Waals surface area contributed by atoms with Crippen molar-refractivity contribution in [3.63, 3.8) is 0 Å². The summed E-state index contributed by atoms with van der Waals surface area (Å²) in [7, 11) is 1.66. The third kappa shape index (κ3) is 5.75. The number of amides is 2. The quantitative estimate of drug-likeness (QED) is 0.706. The number of carbonyl (C=O) groups excluding carboxylic acids is 1. The molecule has 4 heteroatoms. The molecule has 92 valence electrons. The van der Waals surface area contributed by atoms with Gasteiger partial charge in [-0.15, -0.1) is 0 Å². The summed E-state index contributed by atoms with van der Waals surface area (Å²) in [5.41, 5.74) is 1.36. The van der Waals surface area contributed by atoms with E-state index in [-0.39, 0.29) is 6.03 Å². The molecule has 0 spiro atoms. The molecule has 2 amide bonds. The number of allylic oxidation sites excluding steroid dienone is 1. The second-order valence-corrected chi connectivity index (χ2v) is 4.11. The summed E-state index contributed by atoms with van der Waals surface area (Å²) >= 11 is 0. The molecule has 2 N–H and O–H groups in total. The molecular weight excluding hydrogens is 204 g/mol. The van der Waals surface area contributed by atoms with E-state index >= 15 is 0 Å². The van der Waals surface area contributed by atoms with Gasteiger partial charge in [-0.25, -0.2) is 4.79 Å². The lowest BCUT2D eigenvalue weighted by atomic mass is 9.96. The van der Waals surface area contributed by atoms with Crippen LogP contribution in [0.25, 0.3) is 0 Å². The van der Waals surface area contributed by atoms with Gasteiger partial charge < -0.3 is 15.4 Å². The Morgan fingerprint density at radius 2 is 2.12 bits per heavy atom. The molecule has 0 bridgehead atoms. The number of rotatable bonds is 5. The summed E-state index contributed by atoms with van der Waals surface area (Å²) in [5.74, 6) is 0. The average Bonchev–Trinajstić information content (AvgIpc) is 2.33. The van der Waals surface area contributed by atoms with E-state index in [0.717, 1.165) is 19.3 Å². The molecule has 0 aromatic heterocycles. The number of carbonyl (C=O) groups is 1. The zero-order valence-corrected chi connectivity index (χ0v) is 10.1. The highest BCUT2D eigenvalue weighted by atomic mass is 16.5. The van der Waals surface area contributed by atoms with Gasteiger partial charge in [0.15, 0.2) is 0 Å². The fourth-order valence-electron chi connectivity index (χ4n) is 1.79. The monoisotopic (exact) mass is 226 g/mol. The van der Waals surface area contributed by atoms with Crippen LogP contribution in [0.15, 0.2) is 11.8 Å². The molecule has 0 heterocycles. The Balaban J connectivity index is 2.08. The molecule has 1 aliphatic rings. The van der Waals surface area contributed by atoms with Gasteiger partial charge in [0.1, 0.15) is 0 Å². The van der Waals surface area contributed by atoms with Crippen LogP contribution in [0, 0.1) is 0 Å². The second-order valence-electron chi connectivity index (χ2n) is 4.11. The molecule has 1 saturated carbocycles. The van der Waals surface area contributed by atoms with Crippen molar-refractivity contribution in [3.05, 3.63) is 11.8 Å².